The fraction of sp³-hybridized carbons (Fsp3) is 0.500. The van der Waals surface area contributed by atoms with Gasteiger partial charge in [-0.1, -0.05) is 28.4 Å². The van der Waals surface area contributed by atoms with Crippen LogP contribution in [-0.4, -0.2) is 5.11 Å². The van der Waals surface area contributed by atoms with Gasteiger partial charge in [0.1, 0.15) is 5.75 Å². The van der Waals surface area contributed by atoms with Gasteiger partial charge in [-0.25, -0.2) is 0 Å². The lowest BCUT2D eigenvalue weighted by Gasteiger charge is -2.32. The summed E-state index contributed by atoms with van der Waals surface area (Å²) in [5.41, 5.74) is 7.95. The molecule has 0 aromatic heterocycles. The van der Waals surface area contributed by atoms with Gasteiger partial charge in [0, 0.05) is 16.1 Å². The SMILES string of the molecule is Cc1ccc(Br)c([C@H](N)C2CCC2)c1O.Cl. The Morgan fingerprint density at radius 1 is 1.44 bits per heavy atom. The van der Waals surface area contributed by atoms with Crippen molar-refractivity contribution in [3.63, 3.8) is 0 Å². The van der Waals surface area contributed by atoms with E-state index >= 15 is 0 Å². The molecule has 1 fully saturated rings. The minimum absolute atomic E-state index is 0. The van der Waals surface area contributed by atoms with Crippen molar-refractivity contribution in [3.05, 3.63) is 27.7 Å². The normalized spacial score (nSPS) is 17.4. The maximum Gasteiger partial charge on any atom is 0.124 e. The predicted molar refractivity (Wildman–Crippen MR) is 72.1 cm³/mol. The molecule has 16 heavy (non-hydrogen) atoms. The zero-order chi connectivity index (χ0) is 11.0. The van der Waals surface area contributed by atoms with E-state index in [0.29, 0.717) is 11.7 Å². The third kappa shape index (κ3) is 2.36. The average Bonchev–Trinajstić information content (AvgIpc) is 2.09. The van der Waals surface area contributed by atoms with E-state index in [1.54, 1.807) is 0 Å². The van der Waals surface area contributed by atoms with Crippen LogP contribution >= 0.6 is 28.3 Å². The Bertz CT molecular complexity index is 380. The number of benzene rings is 1. The first-order chi connectivity index (χ1) is 7.11. The minimum Gasteiger partial charge on any atom is -0.507 e. The van der Waals surface area contributed by atoms with Crippen molar-refractivity contribution >= 4 is 28.3 Å². The van der Waals surface area contributed by atoms with Gasteiger partial charge in [-0.2, -0.15) is 0 Å². The van der Waals surface area contributed by atoms with Crippen LogP contribution < -0.4 is 5.73 Å². The second-order valence-electron chi connectivity index (χ2n) is 4.34. The lowest BCUT2D eigenvalue weighted by Crippen LogP contribution is -2.27. The van der Waals surface area contributed by atoms with Crippen LogP contribution in [0.25, 0.3) is 0 Å². The summed E-state index contributed by atoms with van der Waals surface area (Å²) < 4.78 is 0.921. The van der Waals surface area contributed by atoms with Crippen molar-refractivity contribution < 1.29 is 5.11 Å². The van der Waals surface area contributed by atoms with Crippen LogP contribution in [0.3, 0.4) is 0 Å². The molecule has 0 saturated heterocycles. The van der Waals surface area contributed by atoms with Crippen molar-refractivity contribution in [3.8, 4) is 5.75 Å². The highest BCUT2D eigenvalue weighted by Gasteiger charge is 2.28. The first-order valence-corrected chi connectivity index (χ1v) is 6.14. The lowest BCUT2D eigenvalue weighted by atomic mass is 9.77. The summed E-state index contributed by atoms with van der Waals surface area (Å²) in [5.74, 6) is 0.887. The Balaban J connectivity index is 0.00000128. The highest BCUT2D eigenvalue weighted by Crippen LogP contribution is 2.42. The van der Waals surface area contributed by atoms with E-state index in [1.807, 2.05) is 19.1 Å². The van der Waals surface area contributed by atoms with Crippen LogP contribution in [0.1, 0.15) is 36.4 Å². The summed E-state index contributed by atoms with van der Waals surface area (Å²) in [6.07, 6.45) is 3.63. The Hall–Kier alpha value is -0.250. The fourth-order valence-electron chi connectivity index (χ4n) is 2.04. The molecule has 0 radical (unpaired) electrons. The summed E-state index contributed by atoms with van der Waals surface area (Å²) in [4.78, 5) is 0. The quantitative estimate of drug-likeness (QED) is 0.875. The summed E-state index contributed by atoms with van der Waals surface area (Å²) in [7, 11) is 0. The maximum atomic E-state index is 10.0. The van der Waals surface area contributed by atoms with Crippen LogP contribution in [-0.2, 0) is 0 Å². The van der Waals surface area contributed by atoms with Crippen LogP contribution in [0.4, 0.5) is 0 Å². The van der Waals surface area contributed by atoms with Gasteiger partial charge in [0.15, 0.2) is 0 Å². The Morgan fingerprint density at radius 3 is 2.56 bits per heavy atom. The third-order valence-corrected chi connectivity index (χ3v) is 4.05. The molecule has 1 aliphatic rings. The molecule has 0 amide bonds. The number of hydrogen-bond acceptors (Lipinski definition) is 2. The van der Waals surface area contributed by atoms with Crippen LogP contribution in [0, 0.1) is 12.8 Å². The second kappa shape index (κ2) is 5.39. The van der Waals surface area contributed by atoms with Gasteiger partial charge < -0.3 is 10.8 Å². The van der Waals surface area contributed by atoms with Crippen molar-refractivity contribution in [2.75, 3.05) is 0 Å². The van der Waals surface area contributed by atoms with Crippen molar-refractivity contribution in [2.45, 2.75) is 32.2 Å². The molecule has 4 heteroatoms. The molecule has 1 aliphatic carbocycles. The largest absolute Gasteiger partial charge is 0.507 e. The standard InChI is InChI=1S/C12H16BrNO.ClH/c1-7-5-6-9(13)10(12(7)15)11(14)8-3-2-4-8;/h5-6,8,11,15H,2-4,14H2,1H3;1H/t11-;/m1./s1. The summed E-state index contributed by atoms with van der Waals surface area (Å²) >= 11 is 3.46. The molecule has 1 atom stereocenters. The number of halogens is 2. The highest BCUT2D eigenvalue weighted by molar-refractivity contribution is 9.10. The summed E-state index contributed by atoms with van der Waals surface area (Å²) in [6, 6.07) is 3.83. The molecule has 2 rings (SSSR count). The Morgan fingerprint density at radius 2 is 2.06 bits per heavy atom. The van der Waals surface area contributed by atoms with Crippen molar-refractivity contribution in [1.29, 1.82) is 0 Å². The third-order valence-electron chi connectivity index (χ3n) is 3.36. The minimum atomic E-state index is -0.0342. The van der Waals surface area contributed by atoms with Crippen molar-refractivity contribution in [1.82, 2.24) is 0 Å². The van der Waals surface area contributed by atoms with E-state index in [2.05, 4.69) is 15.9 Å². The first-order valence-electron chi connectivity index (χ1n) is 5.35. The molecule has 0 heterocycles. The van der Waals surface area contributed by atoms with Gasteiger partial charge in [-0.15, -0.1) is 12.4 Å². The van der Waals surface area contributed by atoms with Gasteiger partial charge in [-0.05, 0) is 37.3 Å². The van der Waals surface area contributed by atoms with Gasteiger partial charge in [0.2, 0.25) is 0 Å². The number of nitrogens with two attached hydrogens (primary N) is 1. The Kier molecular flexibility index (Phi) is 4.65. The molecular formula is C12H17BrClNO. The number of phenolic OH excluding ortho intramolecular Hbond substituents is 1. The van der Waals surface area contributed by atoms with Crippen LogP contribution in [0.5, 0.6) is 5.75 Å². The van der Waals surface area contributed by atoms with Crippen LogP contribution in [0.15, 0.2) is 16.6 Å². The van der Waals surface area contributed by atoms with E-state index in [1.165, 1.54) is 19.3 Å². The monoisotopic (exact) mass is 305 g/mol. The molecule has 3 N–H and O–H groups in total. The molecule has 0 unspecified atom stereocenters. The molecule has 0 aliphatic heterocycles. The molecule has 90 valence electrons. The van der Waals surface area contributed by atoms with Gasteiger partial charge in [0.25, 0.3) is 0 Å². The van der Waals surface area contributed by atoms with E-state index < -0.39 is 0 Å². The molecule has 0 bridgehead atoms. The highest BCUT2D eigenvalue weighted by atomic mass is 79.9. The number of aryl methyl sites for hydroxylation is 1. The van der Waals surface area contributed by atoms with Crippen LogP contribution in [0.2, 0.25) is 0 Å². The molecule has 0 spiro atoms. The lowest BCUT2D eigenvalue weighted by molar-refractivity contribution is 0.260. The zero-order valence-electron chi connectivity index (χ0n) is 9.24. The number of aromatic hydroxyl groups is 1. The molecule has 1 aromatic carbocycles. The van der Waals surface area contributed by atoms with Gasteiger partial charge in [-0.3, -0.25) is 0 Å². The molecule has 2 nitrogen and oxygen atoms in total. The average molecular weight is 307 g/mol. The second-order valence-corrected chi connectivity index (χ2v) is 5.20. The maximum absolute atomic E-state index is 10.0. The summed E-state index contributed by atoms with van der Waals surface area (Å²) in [5, 5.41) is 10.0. The van der Waals surface area contributed by atoms with E-state index in [9.17, 15) is 5.11 Å². The predicted octanol–water partition coefficient (Wildman–Crippen LogP) is 3.68. The first kappa shape index (κ1) is 13.8. The zero-order valence-corrected chi connectivity index (χ0v) is 11.6. The number of phenols is 1. The smallest absolute Gasteiger partial charge is 0.124 e. The molecular weight excluding hydrogens is 289 g/mol. The topological polar surface area (TPSA) is 46.2 Å². The van der Waals surface area contributed by atoms with E-state index in [-0.39, 0.29) is 18.4 Å². The molecule has 1 saturated carbocycles. The number of hydrogen-bond donors (Lipinski definition) is 2. The van der Waals surface area contributed by atoms with Gasteiger partial charge >= 0.3 is 0 Å². The van der Waals surface area contributed by atoms with E-state index in [4.69, 9.17) is 5.73 Å². The summed E-state index contributed by atoms with van der Waals surface area (Å²) in [6.45, 7) is 1.90. The van der Waals surface area contributed by atoms with E-state index in [0.717, 1.165) is 15.6 Å². The Labute approximate surface area is 111 Å². The number of rotatable bonds is 2. The van der Waals surface area contributed by atoms with Gasteiger partial charge in [0.05, 0.1) is 0 Å². The van der Waals surface area contributed by atoms with Crippen molar-refractivity contribution in [2.24, 2.45) is 11.7 Å². The fourth-order valence-corrected chi connectivity index (χ4v) is 2.63. The molecule has 1 aromatic rings.